The summed E-state index contributed by atoms with van der Waals surface area (Å²) in [5, 5.41) is 3.20. The van der Waals surface area contributed by atoms with Crippen molar-refractivity contribution >= 4 is 0 Å². The number of nitrogens with one attached hydrogen (secondary N) is 1. The molecule has 2 aliphatic rings. The summed E-state index contributed by atoms with van der Waals surface area (Å²) in [7, 11) is 1.78. The predicted octanol–water partition coefficient (Wildman–Crippen LogP) is 0.542. The zero-order valence-corrected chi connectivity index (χ0v) is 7.58. The second-order valence-corrected chi connectivity index (χ2v) is 3.66. The standard InChI is InChI=1S/C9H17NO2/c1-11-8-3-2-4-9(8)12-7-5-10-6-7/h7-10H,2-6H2,1H3. The van der Waals surface area contributed by atoms with Gasteiger partial charge in [0.25, 0.3) is 0 Å². The van der Waals surface area contributed by atoms with Gasteiger partial charge in [-0.25, -0.2) is 0 Å². The van der Waals surface area contributed by atoms with Crippen LogP contribution < -0.4 is 5.32 Å². The predicted molar refractivity (Wildman–Crippen MR) is 46.2 cm³/mol. The van der Waals surface area contributed by atoms with Gasteiger partial charge in [-0.15, -0.1) is 0 Å². The Labute approximate surface area is 73.4 Å². The number of hydrogen-bond donors (Lipinski definition) is 1. The first kappa shape index (κ1) is 8.48. The van der Waals surface area contributed by atoms with Crippen molar-refractivity contribution in [2.45, 2.75) is 37.6 Å². The lowest BCUT2D eigenvalue weighted by atomic mass is 10.2. The van der Waals surface area contributed by atoms with Crippen molar-refractivity contribution in [1.29, 1.82) is 0 Å². The molecule has 1 aliphatic heterocycles. The molecule has 0 bridgehead atoms. The number of rotatable bonds is 3. The largest absolute Gasteiger partial charge is 0.379 e. The van der Waals surface area contributed by atoms with E-state index in [0.29, 0.717) is 18.3 Å². The Morgan fingerprint density at radius 1 is 1.17 bits per heavy atom. The SMILES string of the molecule is COC1CCCC1OC1CNC1. The smallest absolute Gasteiger partial charge is 0.0841 e. The van der Waals surface area contributed by atoms with E-state index >= 15 is 0 Å². The van der Waals surface area contributed by atoms with E-state index < -0.39 is 0 Å². The van der Waals surface area contributed by atoms with E-state index in [-0.39, 0.29) is 0 Å². The lowest BCUT2D eigenvalue weighted by Gasteiger charge is -2.31. The maximum Gasteiger partial charge on any atom is 0.0841 e. The summed E-state index contributed by atoms with van der Waals surface area (Å²) in [5.74, 6) is 0. The van der Waals surface area contributed by atoms with Gasteiger partial charge >= 0.3 is 0 Å². The van der Waals surface area contributed by atoms with Crippen LogP contribution >= 0.6 is 0 Å². The molecule has 70 valence electrons. The first-order valence-electron chi connectivity index (χ1n) is 4.79. The van der Waals surface area contributed by atoms with Crippen LogP contribution in [0.4, 0.5) is 0 Å². The van der Waals surface area contributed by atoms with E-state index in [0.717, 1.165) is 13.1 Å². The van der Waals surface area contributed by atoms with E-state index in [2.05, 4.69) is 5.32 Å². The Bertz CT molecular complexity index is 147. The Balaban J connectivity index is 1.77. The normalized spacial score (nSPS) is 36.8. The molecule has 2 fully saturated rings. The number of hydrogen-bond acceptors (Lipinski definition) is 3. The second-order valence-electron chi connectivity index (χ2n) is 3.66. The van der Waals surface area contributed by atoms with Gasteiger partial charge in [0.15, 0.2) is 0 Å². The number of methoxy groups -OCH3 is 1. The topological polar surface area (TPSA) is 30.5 Å². The van der Waals surface area contributed by atoms with Crippen LogP contribution in [-0.2, 0) is 9.47 Å². The van der Waals surface area contributed by atoms with E-state index in [9.17, 15) is 0 Å². The Morgan fingerprint density at radius 2 is 1.92 bits per heavy atom. The molecule has 1 aliphatic carbocycles. The molecule has 0 amide bonds. The summed E-state index contributed by atoms with van der Waals surface area (Å²) in [6.45, 7) is 2.04. The summed E-state index contributed by atoms with van der Waals surface area (Å²) < 4.78 is 11.2. The van der Waals surface area contributed by atoms with Gasteiger partial charge in [0, 0.05) is 20.2 Å². The van der Waals surface area contributed by atoms with Crippen molar-refractivity contribution in [2.24, 2.45) is 0 Å². The summed E-state index contributed by atoms with van der Waals surface area (Å²) in [4.78, 5) is 0. The van der Waals surface area contributed by atoms with Crippen LogP contribution in [0.15, 0.2) is 0 Å². The van der Waals surface area contributed by atoms with Crippen LogP contribution in [0.2, 0.25) is 0 Å². The highest BCUT2D eigenvalue weighted by Gasteiger charge is 2.31. The first-order valence-corrected chi connectivity index (χ1v) is 4.79. The molecule has 3 nitrogen and oxygen atoms in total. The van der Waals surface area contributed by atoms with Gasteiger partial charge in [-0.2, -0.15) is 0 Å². The van der Waals surface area contributed by atoms with E-state index in [1.807, 2.05) is 0 Å². The highest BCUT2D eigenvalue weighted by molar-refractivity contribution is 4.83. The van der Waals surface area contributed by atoms with Crippen LogP contribution in [0.3, 0.4) is 0 Å². The monoisotopic (exact) mass is 171 g/mol. The van der Waals surface area contributed by atoms with Gasteiger partial charge in [-0.3, -0.25) is 0 Å². The van der Waals surface area contributed by atoms with Crippen molar-refractivity contribution in [1.82, 2.24) is 5.32 Å². The average Bonchev–Trinajstić information content (AvgIpc) is 2.43. The van der Waals surface area contributed by atoms with E-state index in [4.69, 9.17) is 9.47 Å². The van der Waals surface area contributed by atoms with Crippen molar-refractivity contribution < 1.29 is 9.47 Å². The molecular weight excluding hydrogens is 154 g/mol. The molecule has 1 saturated carbocycles. The quantitative estimate of drug-likeness (QED) is 0.672. The minimum atomic E-state index is 0.352. The molecule has 2 unspecified atom stereocenters. The van der Waals surface area contributed by atoms with Crippen LogP contribution in [0.5, 0.6) is 0 Å². The third-order valence-corrected chi connectivity index (χ3v) is 2.81. The van der Waals surface area contributed by atoms with Crippen LogP contribution in [-0.4, -0.2) is 38.5 Å². The minimum absolute atomic E-state index is 0.352. The van der Waals surface area contributed by atoms with Crippen LogP contribution in [0.1, 0.15) is 19.3 Å². The second kappa shape index (κ2) is 3.73. The van der Waals surface area contributed by atoms with Gasteiger partial charge in [0.2, 0.25) is 0 Å². The van der Waals surface area contributed by atoms with Crippen molar-refractivity contribution in [3.05, 3.63) is 0 Å². The molecule has 0 aromatic rings. The fourth-order valence-electron chi connectivity index (χ4n) is 1.92. The molecule has 0 radical (unpaired) electrons. The van der Waals surface area contributed by atoms with Crippen molar-refractivity contribution in [3.63, 3.8) is 0 Å². The summed E-state index contributed by atoms with van der Waals surface area (Å²) in [6, 6.07) is 0. The number of ether oxygens (including phenoxy) is 2. The molecule has 0 spiro atoms. The Kier molecular flexibility index (Phi) is 2.63. The molecule has 0 aromatic carbocycles. The Hall–Kier alpha value is -0.120. The molecule has 3 heteroatoms. The molecule has 0 aromatic heterocycles. The molecule has 2 rings (SSSR count). The van der Waals surface area contributed by atoms with Crippen LogP contribution in [0.25, 0.3) is 0 Å². The summed E-state index contributed by atoms with van der Waals surface area (Å²) in [6.07, 6.45) is 4.76. The maximum atomic E-state index is 5.86. The summed E-state index contributed by atoms with van der Waals surface area (Å²) >= 11 is 0. The van der Waals surface area contributed by atoms with Gasteiger partial charge in [-0.1, -0.05) is 0 Å². The maximum absolute atomic E-state index is 5.86. The van der Waals surface area contributed by atoms with Crippen molar-refractivity contribution in [3.8, 4) is 0 Å². The lowest BCUT2D eigenvalue weighted by molar-refractivity contribution is -0.0891. The highest BCUT2D eigenvalue weighted by Crippen LogP contribution is 2.25. The molecule has 1 saturated heterocycles. The first-order chi connectivity index (χ1) is 5.90. The highest BCUT2D eigenvalue weighted by atomic mass is 16.5. The molecule has 1 N–H and O–H groups in total. The fourth-order valence-corrected chi connectivity index (χ4v) is 1.92. The molecule has 2 atom stereocenters. The zero-order chi connectivity index (χ0) is 8.39. The lowest BCUT2D eigenvalue weighted by Crippen LogP contribution is -2.50. The zero-order valence-electron chi connectivity index (χ0n) is 7.58. The summed E-state index contributed by atoms with van der Waals surface area (Å²) in [5.41, 5.74) is 0. The molecular formula is C9H17NO2. The van der Waals surface area contributed by atoms with E-state index in [1.54, 1.807) is 7.11 Å². The van der Waals surface area contributed by atoms with Gasteiger partial charge in [0.05, 0.1) is 18.3 Å². The molecule has 12 heavy (non-hydrogen) atoms. The third kappa shape index (κ3) is 1.63. The van der Waals surface area contributed by atoms with Crippen molar-refractivity contribution in [2.75, 3.05) is 20.2 Å². The van der Waals surface area contributed by atoms with Gasteiger partial charge < -0.3 is 14.8 Å². The Morgan fingerprint density at radius 3 is 2.50 bits per heavy atom. The fraction of sp³-hybridized carbons (Fsp3) is 1.00. The van der Waals surface area contributed by atoms with Gasteiger partial charge in [0.1, 0.15) is 0 Å². The average molecular weight is 171 g/mol. The van der Waals surface area contributed by atoms with E-state index in [1.165, 1.54) is 19.3 Å². The third-order valence-electron chi connectivity index (χ3n) is 2.81. The van der Waals surface area contributed by atoms with Crippen LogP contribution in [0, 0.1) is 0 Å². The molecule has 1 heterocycles. The van der Waals surface area contributed by atoms with Gasteiger partial charge in [-0.05, 0) is 19.3 Å². The minimum Gasteiger partial charge on any atom is -0.379 e.